The zero-order valence-corrected chi connectivity index (χ0v) is 28.9. The van der Waals surface area contributed by atoms with E-state index in [9.17, 15) is 20.4 Å². The van der Waals surface area contributed by atoms with Gasteiger partial charge in [0.05, 0.1) is 19.9 Å². The van der Waals surface area contributed by atoms with Gasteiger partial charge in [-0.3, -0.25) is 5.32 Å². The maximum atomic E-state index is 11.2. The van der Waals surface area contributed by atoms with Crippen LogP contribution in [0.1, 0.15) is 63.3 Å². The Kier molecular flexibility index (Phi) is 8.35. The minimum atomic E-state index is -0.534. The summed E-state index contributed by atoms with van der Waals surface area (Å²) in [6.07, 6.45) is 7.54. The van der Waals surface area contributed by atoms with Gasteiger partial charge in [-0.25, -0.2) is 0 Å². The van der Waals surface area contributed by atoms with Gasteiger partial charge in [-0.05, 0) is 102 Å². The number of hydrogen-bond donors (Lipinski definition) is 6. The predicted octanol–water partition coefficient (Wildman–Crippen LogP) is 5.99. The Labute approximate surface area is 301 Å². The van der Waals surface area contributed by atoms with Crippen LogP contribution in [0.3, 0.4) is 0 Å². The molecule has 5 atom stereocenters. The number of H-pyrrole nitrogens is 1. The van der Waals surface area contributed by atoms with Crippen LogP contribution in [0, 0.1) is 0 Å². The molecule has 0 spiro atoms. The molecule has 10 heteroatoms. The molecule has 0 amide bonds. The fraction of sp³-hybridized carbons (Fsp3) is 0.333. The van der Waals surface area contributed by atoms with Crippen LogP contribution < -0.4 is 19.5 Å². The van der Waals surface area contributed by atoms with E-state index in [-0.39, 0.29) is 61.1 Å². The average molecular weight is 703 g/mol. The lowest BCUT2D eigenvalue weighted by Crippen LogP contribution is -2.37. The van der Waals surface area contributed by atoms with E-state index in [2.05, 4.69) is 46.7 Å². The number of aromatic nitrogens is 1. The number of aliphatic hydroxyl groups is 2. The highest BCUT2D eigenvalue weighted by Crippen LogP contribution is 2.59. The number of ether oxygens (including phenoxy) is 4. The van der Waals surface area contributed by atoms with Crippen molar-refractivity contribution in [2.75, 3.05) is 33.6 Å². The first-order chi connectivity index (χ1) is 25.5. The monoisotopic (exact) mass is 702 g/mol. The summed E-state index contributed by atoms with van der Waals surface area (Å²) in [6.45, 7) is 0.0788. The van der Waals surface area contributed by atoms with Gasteiger partial charge in [0.25, 0.3) is 0 Å². The highest BCUT2D eigenvalue weighted by molar-refractivity contribution is 5.89. The number of phenols is 2. The lowest BCUT2D eigenvalue weighted by molar-refractivity contribution is -0.0436. The molecule has 2 aliphatic heterocycles. The molecule has 0 saturated carbocycles. The molecule has 0 bridgehead atoms. The molecule has 3 heterocycles. The Morgan fingerprint density at radius 3 is 2.62 bits per heavy atom. The smallest absolute Gasteiger partial charge is 0.161 e. The lowest BCUT2D eigenvalue weighted by Gasteiger charge is -2.43. The molecule has 0 saturated heterocycles. The lowest BCUT2D eigenvalue weighted by atomic mass is 9.65. The zero-order chi connectivity index (χ0) is 35.5. The van der Waals surface area contributed by atoms with Gasteiger partial charge in [-0.2, -0.15) is 0 Å². The SMILES string of the molecule is CNCO[C@@H]1Cc2c3c(c4c(c2O[C@@H]1c1ccc(O)c(OCCO)c1)CC[C@H](CO)O4)-c1ccc(O)c2c1[C@H](C3)[C@@H](c1ccc3[nH]ccc3c1)C=C2. The standard InChI is InChI=1S/C42H42N2O8/c1-43-21-50-37-19-32-31-18-30-26(22-2-9-33-23(16-22)12-13-44-33)6-7-27-34(47)11-8-28(38(27)30)39(31)42-29(5-4-25(20-46)51-42)41(32)52-40(37)24-3-10-35(48)36(17-24)49-15-14-45/h2-3,6-13,16-17,25-26,30,37,40,43-48H,4-5,14-15,18-21H2,1H3/t25-,26-,30-,37-,40-/m1/s1. The summed E-state index contributed by atoms with van der Waals surface area (Å²) in [4.78, 5) is 3.31. The Morgan fingerprint density at radius 2 is 1.77 bits per heavy atom. The number of aromatic hydroxyl groups is 2. The van der Waals surface area contributed by atoms with Crippen molar-refractivity contribution in [2.24, 2.45) is 0 Å². The van der Waals surface area contributed by atoms with Gasteiger partial charge in [-0.15, -0.1) is 0 Å². The van der Waals surface area contributed by atoms with E-state index in [1.165, 1.54) is 5.56 Å². The number of nitrogens with one attached hydrogen (secondary N) is 2. The molecule has 1 aromatic heterocycles. The van der Waals surface area contributed by atoms with Crippen molar-refractivity contribution in [3.05, 3.63) is 106 Å². The van der Waals surface area contributed by atoms with Crippen LogP contribution in [-0.4, -0.2) is 71.2 Å². The van der Waals surface area contributed by atoms with Crippen LogP contribution in [0.15, 0.2) is 66.9 Å². The van der Waals surface area contributed by atoms with E-state index in [0.717, 1.165) is 66.9 Å². The molecule has 268 valence electrons. The predicted molar refractivity (Wildman–Crippen MR) is 196 cm³/mol. The molecule has 0 fully saturated rings. The van der Waals surface area contributed by atoms with E-state index < -0.39 is 6.10 Å². The van der Waals surface area contributed by atoms with Crippen molar-refractivity contribution in [2.45, 2.75) is 55.8 Å². The number of benzene rings is 4. The fourth-order valence-electron chi connectivity index (χ4n) is 8.86. The van der Waals surface area contributed by atoms with Gasteiger partial charge in [0.1, 0.15) is 36.1 Å². The summed E-state index contributed by atoms with van der Waals surface area (Å²) in [5, 5.41) is 45.7. The van der Waals surface area contributed by atoms with Crippen LogP contribution in [-0.2, 0) is 24.0 Å². The number of hydrogen-bond acceptors (Lipinski definition) is 9. The van der Waals surface area contributed by atoms with E-state index in [4.69, 9.17) is 18.9 Å². The van der Waals surface area contributed by atoms with Crippen molar-refractivity contribution >= 4 is 17.0 Å². The molecule has 9 rings (SSSR count). The summed E-state index contributed by atoms with van der Waals surface area (Å²) >= 11 is 0. The molecule has 5 aromatic rings. The molecule has 2 aliphatic carbocycles. The summed E-state index contributed by atoms with van der Waals surface area (Å²) < 4.78 is 25.9. The Morgan fingerprint density at radius 1 is 0.904 bits per heavy atom. The number of rotatable bonds is 9. The maximum absolute atomic E-state index is 11.2. The average Bonchev–Trinajstić information content (AvgIpc) is 3.65. The molecular formula is C42H42N2O8. The first kappa shape index (κ1) is 32.9. The van der Waals surface area contributed by atoms with Crippen LogP contribution >= 0.6 is 0 Å². The first-order valence-electron chi connectivity index (χ1n) is 18.1. The van der Waals surface area contributed by atoms with Crippen molar-refractivity contribution in [3.8, 4) is 39.9 Å². The van der Waals surface area contributed by atoms with Crippen LogP contribution in [0.5, 0.6) is 28.7 Å². The summed E-state index contributed by atoms with van der Waals surface area (Å²) in [6, 6.07) is 17.6. The molecule has 10 nitrogen and oxygen atoms in total. The highest BCUT2D eigenvalue weighted by atomic mass is 16.6. The quantitative estimate of drug-likeness (QED) is 0.102. The number of aliphatic hydroxyl groups excluding tert-OH is 2. The third kappa shape index (κ3) is 5.32. The van der Waals surface area contributed by atoms with E-state index in [1.807, 2.05) is 25.4 Å². The Bertz CT molecular complexity index is 2210. The maximum Gasteiger partial charge on any atom is 0.161 e. The number of phenolic OH excluding ortho intramolecular Hbond substituents is 2. The largest absolute Gasteiger partial charge is 0.507 e. The van der Waals surface area contributed by atoms with Crippen molar-refractivity contribution in [1.82, 2.24) is 10.3 Å². The summed E-state index contributed by atoms with van der Waals surface area (Å²) in [7, 11) is 1.84. The molecule has 0 radical (unpaired) electrons. The molecular weight excluding hydrogens is 660 g/mol. The number of aromatic amines is 1. The van der Waals surface area contributed by atoms with Gasteiger partial charge in [-0.1, -0.05) is 30.4 Å². The van der Waals surface area contributed by atoms with E-state index >= 15 is 0 Å². The molecule has 52 heavy (non-hydrogen) atoms. The zero-order valence-electron chi connectivity index (χ0n) is 28.9. The third-order valence-electron chi connectivity index (χ3n) is 11.2. The molecule has 4 aromatic carbocycles. The molecule has 0 unspecified atom stereocenters. The van der Waals surface area contributed by atoms with E-state index in [1.54, 1.807) is 18.2 Å². The summed E-state index contributed by atoms with van der Waals surface area (Å²) in [5.41, 5.74) is 10.3. The van der Waals surface area contributed by atoms with Gasteiger partial charge in [0, 0.05) is 46.3 Å². The van der Waals surface area contributed by atoms with Gasteiger partial charge >= 0.3 is 0 Å². The fourth-order valence-corrected chi connectivity index (χ4v) is 8.86. The molecule has 4 aliphatic rings. The van der Waals surface area contributed by atoms with E-state index in [0.29, 0.717) is 32.4 Å². The van der Waals surface area contributed by atoms with Crippen LogP contribution in [0.2, 0.25) is 0 Å². The summed E-state index contributed by atoms with van der Waals surface area (Å²) in [5.74, 6) is 2.10. The first-order valence-corrected chi connectivity index (χ1v) is 18.1. The number of fused-ring (bicyclic) bond motifs is 8. The highest BCUT2D eigenvalue weighted by Gasteiger charge is 2.44. The van der Waals surface area contributed by atoms with Crippen LogP contribution in [0.25, 0.3) is 28.1 Å². The second-order valence-corrected chi connectivity index (χ2v) is 14.2. The van der Waals surface area contributed by atoms with Gasteiger partial charge < -0.3 is 44.4 Å². The van der Waals surface area contributed by atoms with Gasteiger partial charge in [0.2, 0.25) is 0 Å². The topological polar surface area (TPSA) is 146 Å². The molecule has 6 N–H and O–H groups in total. The minimum absolute atomic E-state index is 0.0215. The normalized spacial score (nSPS) is 22.5. The number of allylic oxidation sites excluding steroid dienone is 1. The Balaban J connectivity index is 1.22. The Hall–Kier alpha value is -5.00. The second-order valence-electron chi connectivity index (χ2n) is 14.2. The van der Waals surface area contributed by atoms with Crippen molar-refractivity contribution in [1.29, 1.82) is 0 Å². The minimum Gasteiger partial charge on any atom is -0.507 e. The van der Waals surface area contributed by atoms with Gasteiger partial charge in [0.15, 0.2) is 17.6 Å². The van der Waals surface area contributed by atoms with Crippen molar-refractivity contribution in [3.63, 3.8) is 0 Å². The third-order valence-corrected chi connectivity index (χ3v) is 11.2. The van der Waals surface area contributed by atoms with Crippen LogP contribution in [0.4, 0.5) is 0 Å². The second kappa shape index (κ2) is 13.2. The van der Waals surface area contributed by atoms with Crippen molar-refractivity contribution < 1.29 is 39.4 Å².